The summed E-state index contributed by atoms with van der Waals surface area (Å²) in [5.74, 6) is -5.50. The van der Waals surface area contributed by atoms with Crippen molar-refractivity contribution in [2.24, 2.45) is 23.7 Å². The van der Waals surface area contributed by atoms with E-state index in [1.807, 2.05) is 0 Å². The predicted octanol–water partition coefficient (Wildman–Crippen LogP) is 3.12. The summed E-state index contributed by atoms with van der Waals surface area (Å²) < 4.78 is 67.4. The molecule has 0 amide bonds. The number of hydrogen-bond acceptors (Lipinski definition) is 2. The molecule has 0 radical (unpaired) electrons. The lowest BCUT2D eigenvalue weighted by molar-refractivity contribution is -0.369. The Morgan fingerprint density at radius 1 is 1.05 bits per heavy atom. The zero-order valence-corrected chi connectivity index (χ0v) is 11.6. The second-order valence-corrected chi connectivity index (χ2v) is 7.13. The molecule has 6 unspecified atom stereocenters. The average molecular weight is 314 g/mol. The van der Waals surface area contributed by atoms with Crippen LogP contribution in [0.5, 0.6) is 0 Å². The fourth-order valence-corrected chi connectivity index (χ4v) is 5.07. The maximum atomic E-state index is 14.5. The van der Waals surface area contributed by atoms with E-state index < -0.39 is 29.2 Å². The Balaban J connectivity index is 1.96. The SMILES string of the molecule is CC(O)(C(F)(F)F)C(F)(F)C1(O)CC2CC1C1CCCC21. The fraction of sp³-hybridized carbons (Fsp3) is 1.00. The highest BCUT2D eigenvalue weighted by atomic mass is 19.4. The lowest BCUT2D eigenvalue weighted by atomic mass is 9.67. The van der Waals surface area contributed by atoms with Crippen molar-refractivity contribution in [2.45, 2.75) is 62.3 Å². The monoisotopic (exact) mass is 314 g/mol. The molecule has 21 heavy (non-hydrogen) atoms. The van der Waals surface area contributed by atoms with Crippen LogP contribution in [0.2, 0.25) is 0 Å². The van der Waals surface area contributed by atoms with Crippen LogP contribution in [0.1, 0.15) is 39.0 Å². The number of hydrogen-bond donors (Lipinski definition) is 2. The van der Waals surface area contributed by atoms with Crippen molar-refractivity contribution < 1.29 is 32.2 Å². The van der Waals surface area contributed by atoms with Crippen LogP contribution in [0.15, 0.2) is 0 Å². The summed E-state index contributed by atoms with van der Waals surface area (Å²) in [6.45, 7) is 0.0586. The Kier molecular flexibility index (Phi) is 3.02. The Bertz CT molecular complexity index is 447. The topological polar surface area (TPSA) is 40.5 Å². The molecule has 3 fully saturated rings. The first-order valence-electron chi connectivity index (χ1n) is 7.33. The van der Waals surface area contributed by atoms with Crippen molar-refractivity contribution in [1.29, 1.82) is 0 Å². The van der Waals surface area contributed by atoms with Gasteiger partial charge in [0, 0.05) is 0 Å². The molecule has 3 aliphatic carbocycles. The average Bonchev–Trinajstić information content (AvgIpc) is 2.96. The second kappa shape index (κ2) is 4.10. The lowest BCUT2D eigenvalue weighted by Gasteiger charge is -2.48. The molecule has 0 aliphatic heterocycles. The Labute approximate surface area is 119 Å². The van der Waals surface area contributed by atoms with E-state index in [2.05, 4.69) is 0 Å². The van der Waals surface area contributed by atoms with Gasteiger partial charge in [-0.3, -0.25) is 0 Å². The van der Waals surface area contributed by atoms with Crippen molar-refractivity contribution in [3.63, 3.8) is 0 Å². The van der Waals surface area contributed by atoms with Crippen LogP contribution < -0.4 is 0 Å². The van der Waals surface area contributed by atoms with Crippen LogP contribution in [-0.2, 0) is 0 Å². The van der Waals surface area contributed by atoms with Gasteiger partial charge in [0.05, 0.1) is 0 Å². The molecule has 7 heteroatoms. The van der Waals surface area contributed by atoms with Gasteiger partial charge in [-0.2, -0.15) is 22.0 Å². The molecule has 0 aromatic carbocycles. The summed E-state index contributed by atoms with van der Waals surface area (Å²) in [4.78, 5) is 0. The molecule has 0 aromatic heterocycles. The third-order valence-corrected chi connectivity index (χ3v) is 6.20. The first-order valence-corrected chi connectivity index (χ1v) is 7.33. The maximum absolute atomic E-state index is 14.5. The quantitative estimate of drug-likeness (QED) is 0.769. The smallest absolute Gasteiger partial charge is 0.383 e. The summed E-state index contributed by atoms with van der Waals surface area (Å²) in [7, 11) is 0. The third-order valence-electron chi connectivity index (χ3n) is 6.20. The molecule has 122 valence electrons. The van der Waals surface area contributed by atoms with Crippen LogP contribution in [0, 0.1) is 23.7 Å². The molecule has 3 saturated carbocycles. The highest BCUT2D eigenvalue weighted by molar-refractivity contribution is 5.19. The van der Waals surface area contributed by atoms with Crippen LogP contribution >= 0.6 is 0 Å². The van der Waals surface area contributed by atoms with E-state index in [4.69, 9.17) is 0 Å². The summed E-state index contributed by atoms with van der Waals surface area (Å²) in [5, 5.41) is 19.9. The van der Waals surface area contributed by atoms with Gasteiger partial charge in [0.1, 0.15) is 5.60 Å². The minimum Gasteiger partial charge on any atom is -0.383 e. The molecule has 0 saturated heterocycles. The van der Waals surface area contributed by atoms with E-state index in [1.165, 1.54) is 0 Å². The van der Waals surface area contributed by atoms with Gasteiger partial charge in [-0.15, -0.1) is 0 Å². The molecular formula is C14H19F5O2. The third kappa shape index (κ3) is 1.70. The number of alkyl halides is 5. The molecule has 2 bridgehead atoms. The van der Waals surface area contributed by atoms with Gasteiger partial charge in [-0.05, 0) is 56.3 Å². The van der Waals surface area contributed by atoms with Crippen LogP contribution in [0.4, 0.5) is 22.0 Å². The van der Waals surface area contributed by atoms with Crippen molar-refractivity contribution in [1.82, 2.24) is 0 Å². The van der Waals surface area contributed by atoms with Gasteiger partial charge in [0.15, 0.2) is 0 Å². The van der Waals surface area contributed by atoms with Gasteiger partial charge in [0.25, 0.3) is 0 Å². The number of aliphatic hydroxyl groups is 2. The Morgan fingerprint density at radius 2 is 1.62 bits per heavy atom. The summed E-state index contributed by atoms with van der Waals surface area (Å²) >= 11 is 0. The predicted molar refractivity (Wildman–Crippen MR) is 63.6 cm³/mol. The molecular weight excluding hydrogens is 295 g/mol. The summed E-state index contributed by atoms with van der Waals surface area (Å²) in [6, 6.07) is 0. The number of halogens is 5. The van der Waals surface area contributed by atoms with E-state index in [0.717, 1.165) is 12.8 Å². The zero-order valence-electron chi connectivity index (χ0n) is 11.6. The highest BCUT2D eigenvalue weighted by Gasteiger charge is 2.78. The minimum absolute atomic E-state index is 0.0586. The minimum atomic E-state index is -5.50. The van der Waals surface area contributed by atoms with Crippen LogP contribution in [0.3, 0.4) is 0 Å². The number of fused-ring (bicyclic) bond motifs is 5. The van der Waals surface area contributed by atoms with Crippen LogP contribution in [0.25, 0.3) is 0 Å². The van der Waals surface area contributed by atoms with Gasteiger partial charge < -0.3 is 10.2 Å². The van der Waals surface area contributed by atoms with E-state index in [1.54, 1.807) is 0 Å². The molecule has 0 spiro atoms. The van der Waals surface area contributed by atoms with E-state index >= 15 is 0 Å². The molecule has 6 atom stereocenters. The molecule has 0 aromatic rings. The van der Waals surface area contributed by atoms with Gasteiger partial charge in [0.2, 0.25) is 5.60 Å². The maximum Gasteiger partial charge on any atom is 0.423 e. The van der Waals surface area contributed by atoms with Crippen molar-refractivity contribution in [2.75, 3.05) is 0 Å². The van der Waals surface area contributed by atoms with Gasteiger partial charge in [-0.25, -0.2) is 0 Å². The van der Waals surface area contributed by atoms with Crippen molar-refractivity contribution in [3.05, 3.63) is 0 Å². The molecule has 2 nitrogen and oxygen atoms in total. The second-order valence-electron chi connectivity index (χ2n) is 7.13. The van der Waals surface area contributed by atoms with E-state index in [0.29, 0.717) is 12.8 Å². The normalized spacial score (nSPS) is 45.7. The first-order chi connectivity index (χ1) is 9.43. The molecule has 2 N–H and O–H groups in total. The number of rotatable bonds is 2. The lowest BCUT2D eigenvalue weighted by Crippen LogP contribution is -2.69. The summed E-state index contributed by atoms with van der Waals surface area (Å²) in [6.07, 6.45) is -3.04. The Morgan fingerprint density at radius 3 is 2.19 bits per heavy atom. The van der Waals surface area contributed by atoms with E-state index in [-0.39, 0.29) is 31.1 Å². The first kappa shape index (κ1) is 15.5. The largest absolute Gasteiger partial charge is 0.423 e. The zero-order chi connectivity index (χ0) is 15.8. The van der Waals surface area contributed by atoms with Crippen molar-refractivity contribution in [3.8, 4) is 0 Å². The standard InChI is InChI=1S/C14H19F5O2/c1-11(20,14(17,18)19)13(15,16)12(21)6-7-5-10(12)9-4-2-3-8(7)9/h7-10,20-21H,2-6H2,1H3. The molecule has 3 aliphatic rings. The highest BCUT2D eigenvalue weighted by Crippen LogP contribution is 2.67. The molecule has 3 rings (SSSR count). The van der Waals surface area contributed by atoms with Crippen molar-refractivity contribution >= 4 is 0 Å². The van der Waals surface area contributed by atoms with Gasteiger partial charge in [-0.1, -0.05) is 6.42 Å². The van der Waals surface area contributed by atoms with Gasteiger partial charge >= 0.3 is 12.1 Å². The molecule has 0 heterocycles. The fourth-order valence-electron chi connectivity index (χ4n) is 5.07. The Hall–Kier alpha value is -0.430. The summed E-state index contributed by atoms with van der Waals surface area (Å²) in [5.41, 5.74) is -6.99. The van der Waals surface area contributed by atoms with E-state index in [9.17, 15) is 32.2 Å². The van der Waals surface area contributed by atoms with Crippen LogP contribution in [-0.4, -0.2) is 33.5 Å².